The minimum absolute atomic E-state index is 0.0845. The van der Waals surface area contributed by atoms with Crippen molar-refractivity contribution in [2.24, 2.45) is 0 Å². The maximum absolute atomic E-state index is 13.3. The molecule has 0 aliphatic rings. The van der Waals surface area contributed by atoms with Gasteiger partial charge in [-0.15, -0.1) is 0 Å². The van der Waals surface area contributed by atoms with E-state index in [0.717, 1.165) is 29.7 Å². The first-order valence-electron chi connectivity index (χ1n) is 11.3. The van der Waals surface area contributed by atoms with E-state index in [4.69, 9.17) is 14.2 Å². The number of amides is 2. The number of carbonyl (C=O) groups excluding carboxylic acids is 2. The van der Waals surface area contributed by atoms with Crippen LogP contribution in [0.4, 0.5) is 0 Å². The molecule has 0 saturated heterocycles. The van der Waals surface area contributed by atoms with E-state index < -0.39 is 6.04 Å². The number of unbranched alkanes of at least 4 members (excludes halogenated alkanes) is 1. The predicted molar refractivity (Wildman–Crippen MR) is 129 cm³/mol. The second-order valence-electron chi connectivity index (χ2n) is 7.88. The Labute approximate surface area is 197 Å². The van der Waals surface area contributed by atoms with E-state index in [1.165, 1.54) is 0 Å². The third-order valence-electron chi connectivity index (χ3n) is 5.58. The molecule has 0 aromatic heterocycles. The van der Waals surface area contributed by atoms with Crippen LogP contribution in [-0.4, -0.2) is 50.6 Å². The maximum atomic E-state index is 13.3. The lowest BCUT2D eigenvalue weighted by molar-refractivity contribution is -0.140. The molecule has 7 nitrogen and oxygen atoms in total. The van der Waals surface area contributed by atoms with E-state index in [-0.39, 0.29) is 18.2 Å². The van der Waals surface area contributed by atoms with E-state index in [1.54, 1.807) is 33.2 Å². The topological polar surface area (TPSA) is 77.1 Å². The summed E-state index contributed by atoms with van der Waals surface area (Å²) in [4.78, 5) is 27.6. The van der Waals surface area contributed by atoms with Gasteiger partial charge in [-0.25, -0.2) is 0 Å². The average molecular weight is 457 g/mol. The fourth-order valence-corrected chi connectivity index (χ4v) is 3.48. The SMILES string of the molecule is CCCCNC(=O)[C@H](C)N(Cc1ccc(OC)cc1)C(=O)CCc1ccc(OC)c(OC)c1. The Kier molecular flexibility index (Phi) is 10.5. The lowest BCUT2D eigenvalue weighted by Gasteiger charge is -2.29. The predicted octanol–water partition coefficient (Wildman–Crippen LogP) is 3.98. The monoisotopic (exact) mass is 456 g/mol. The van der Waals surface area contributed by atoms with Crippen molar-refractivity contribution in [2.45, 2.75) is 52.1 Å². The molecule has 0 saturated carbocycles. The van der Waals surface area contributed by atoms with Crippen molar-refractivity contribution in [3.05, 3.63) is 53.6 Å². The molecule has 2 aromatic rings. The van der Waals surface area contributed by atoms with Crippen LogP contribution in [-0.2, 0) is 22.6 Å². The largest absolute Gasteiger partial charge is 0.497 e. The maximum Gasteiger partial charge on any atom is 0.242 e. The molecule has 0 heterocycles. The third-order valence-corrected chi connectivity index (χ3v) is 5.58. The molecule has 33 heavy (non-hydrogen) atoms. The Morgan fingerprint density at radius 3 is 2.21 bits per heavy atom. The minimum atomic E-state index is -0.582. The molecule has 0 unspecified atom stereocenters. The number of rotatable bonds is 13. The molecule has 0 spiro atoms. The summed E-state index contributed by atoms with van der Waals surface area (Å²) in [6.45, 7) is 4.80. The van der Waals surface area contributed by atoms with Gasteiger partial charge in [0.15, 0.2) is 11.5 Å². The lowest BCUT2D eigenvalue weighted by atomic mass is 10.1. The molecule has 1 atom stereocenters. The van der Waals surface area contributed by atoms with Gasteiger partial charge in [-0.05, 0) is 55.2 Å². The van der Waals surface area contributed by atoms with Gasteiger partial charge in [-0.2, -0.15) is 0 Å². The average Bonchev–Trinajstić information content (AvgIpc) is 2.85. The summed E-state index contributed by atoms with van der Waals surface area (Å²) in [6, 6.07) is 12.6. The van der Waals surface area contributed by atoms with Gasteiger partial charge in [-0.3, -0.25) is 9.59 Å². The molecule has 0 aliphatic carbocycles. The first-order chi connectivity index (χ1) is 15.9. The number of carbonyl (C=O) groups is 2. The molecule has 2 amide bonds. The van der Waals surface area contributed by atoms with Crippen LogP contribution in [0.15, 0.2) is 42.5 Å². The van der Waals surface area contributed by atoms with Crippen LogP contribution < -0.4 is 19.5 Å². The number of hydrogen-bond acceptors (Lipinski definition) is 5. The lowest BCUT2D eigenvalue weighted by Crippen LogP contribution is -2.47. The number of nitrogens with one attached hydrogen (secondary N) is 1. The molecule has 0 bridgehead atoms. The Morgan fingerprint density at radius 1 is 0.939 bits per heavy atom. The summed E-state index contributed by atoms with van der Waals surface area (Å²) in [5.41, 5.74) is 1.90. The van der Waals surface area contributed by atoms with Gasteiger partial charge in [-0.1, -0.05) is 31.5 Å². The van der Waals surface area contributed by atoms with Gasteiger partial charge in [0.25, 0.3) is 0 Å². The van der Waals surface area contributed by atoms with Crippen molar-refractivity contribution >= 4 is 11.8 Å². The molecule has 2 rings (SSSR count). The van der Waals surface area contributed by atoms with Crippen molar-refractivity contribution in [2.75, 3.05) is 27.9 Å². The van der Waals surface area contributed by atoms with Crippen molar-refractivity contribution in [3.63, 3.8) is 0 Å². The van der Waals surface area contributed by atoms with Crippen molar-refractivity contribution in [1.82, 2.24) is 10.2 Å². The van der Waals surface area contributed by atoms with Gasteiger partial charge in [0.1, 0.15) is 11.8 Å². The third kappa shape index (κ3) is 7.70. The molecule has 2 aromatic carbocycles. The molecule has 180 valence electrons. The molecule has 0 fully saturated rings. The van der Waals surface area contributed by atoms with Crippen LogP contribution in [0.5, 0.6) is 17.2 Å². The van der Waals surface area contributed by atoms with Crippen LogP contribution >= 0.6 is 0 Å². The summed E-state index contributed by atoms with van der Waals surface area (Å²) in [5, 5.41) is 2.94. The normalized spacial score (nSPS) is 11.4. The number of aryl methyl sites for hydroxylation is 1. The molecule has 0 aliphatic heterocycles. The van der Waals surface area contributed by atoms with E-state index >= 15 is 0 Å². The molecule has 0 radical (unpaired) electrons. The Hall–Kier alpha value is -3.22. The van der Waals surface area contributed by atoms with E-state index in [0.29, 0.717) is 31.0 Å². The fourth-order valence-electron chi connectivity index (χ4n) is 3.48. The Balaban J connectivity index is 2.14. The summed E-state index contributed by atoms with van der Waals surface area (Å²) < 4.78 is 15.9. The number of nitrogens with zero attached hydrogens (tertiary/aromatic N) is 1. The number of benzene rings is 2. The van der Waals surface area contributed by atoms with E-state index in [9.17, 15) is 9.59 Å². The fraction of sp³-hybridized carbons (Fsp3) is 0.462. The smallest absolute Gasteiger partial charge is 0.242 e. The summed E-state index contributed by atoms with van der Waals surface area (Å²) >= 11 is 0. The zero-order valence-corrected chi connectivity index (χ0v) is 20.3. The number of ether oxygens (including phenoxy) is 3. The van der Waals surface area contributed by atoms with Crippen LogP contribution in [0, 0.1) is 0 Å². The quantitative estimate of drug-likeness (QED) is 0.462. The molecular weight excluding hydrogens is 420 g/mol. The van der Waals surface area contributed by atoms with Crippen molar-refractivity contribution in [1.29, 1.82) is 0 Å². The van der Waals surface area contributed by atoms with E-state index in [1.807, 2.05) is 42.5 Å². The second-order valence-corrected chi connectivity index (χ2v) is 7.88. The minimum Gasteiger partial charge on any atom is -0.497 e. The summed E-state index contributed by atoms with van der Waals surface area (Å²) in [6.07, 6.45) is 2.71. The first-order valence-corrected chi connectivity index (χ1v) is 11.3. The molecule has 7 heteroatoms. The number of hydrogen-bond donors (Lipinski definition) is 1. The van der Waals surface area contributed by atoms with Gasteiger partial charge in [0.2, 0.25) is 11.8 Å². The van der Waals surface area contributed by atoms with Crippen molar-refractivity contribution < 1.29 is 23.8 Å². The van der Waals surface area contributed by atoms with Gasteiger partial charge >= 0.3 is 0 Å². The van der Waals surface area contributed by atoms with Gasteiger partial charge < -0.3 is 24.4 Å². The molecular formula is C26H36N2O5. The summed E-state index contributed by atoms with van der Waals surface area (Å²) in [7, 11) is 4.79. The van der Waals surface area contributed by atoms with Gasteiger partial charge in [0, 0.05) is 19.5 Å². The van der Waals surface area contributed by atoms with E-state index in [2.05, 4.69) is 12.2 Å². The highest BCUT2D eigenvalue weighted by Gasteiger charge is 2.25. The van der Waals surface area contributed by atoms with Crippen LogP contribution in [0.3, 0.4) is 0 Å². The number of methoxy groups -OCH3 is 3. The Morgan fingerprint density at radius 2 is 1.61 bits per heavy atom. The van der Waals surface area contributed by atoms with Crippen LogP contribution in [0.1, 0.15) is 44.2 Å². The molecule has 1 N–H and O–H groups in total. The van der Waals surface area contributed by atoms with Crippen molar-refractivity contribution in [3.8, 4) is 17.2 Å². The highest BCUT2D eigenvalue weighted by atomic mass is 16.5. The zero-order valence-electron chi connectivity index (χ0n) is 20.3. The highest BCUT2D eigenvalue weighted by Crippen LogP contribution is 2.28. The zero-order chi connectivity index (χ0) is 24.2. The second kappa shape index (κ2) is 13.4. The van der Waals surface area contributed by atoms with Gasteiger partial charge in [0.05, 0.1) is 21.3 Å². The van der Waals surface area contributed by atoms with Crippen LogP contribution in [0.2, 0.25) is 0 Å². The Bertz CT molecular complexity index is 898. The summed E-state index contributed by atoms with van der Waals surface area (Å²) in [5.74, 6) is 1.79. The van der Waals surface area contributed by atoms with Crippen LogP contribution in [0.25, 0.3) is 0 Å². The first kappa shape index (κ1) is 26.0. The standard InChI is InChI=1S/C26H36N2O5/c1-6-7-16-27-26(30)19(2)28(18-21-8-12-22(31-3)13-9-21)25(29)15-11-20-10-14-23(32-4)24(17-20)33-5/h8-10,12-14,17,19H,6-7,11,15-16,18H2,1-5H3,(H,27,30)/t19-/m0/s1. The highest BCUT2D eigenvalue weighted by molar-refractivity contribution is 5.87.